The molecule has 1 heterocycles. The van der Waals surface area contributed by atoms with E-state index >= 15 is 0 Å². The van der Waals surface area contributed by atoms with Crippen molar-refractivity contribution in [3.05, 3.63) is 18.2 Å². The molecule has 0 fully saturated rings. The van der Waals surface area contributed by atoms with Gasteiger partial charge in [-0.1, -0.05) is 0 Å². The number of fused-ring (bicyclic) bond motifs is 1. The van der Waals surface area contributed by atoms with Crippen LogP contribution in [0.3, 0.4) is 0 Å². The number of halogens is 1. The number of esters is 1. The lowest BCUT2D eigenvalue weighted by atomic mass is 9.96. The minimum absolute atomic E-state index is 0.0176. The van der Waals surface area contributed by atoms with Crippen LogP contribution < -0.4 is 9.47 Å². The number of carbonyl (C=O) groups excluding carboxylic acids is 1. The lowest BCUT2D eigenvalue weighted by molar-refractivity contribution is -0.147. The predicted molar refractivity (Wildman–Crippen MR) is 85.1 cm³/mol. The van der Waals surface area contributed by atoms with E-state index < -0.39 is 16.8 Å². The van der Waals surface area contributed by atoms with Crippen LogP contribution in [0.25, 0.3) is 0 Å². The Morgan fingerprint density at radius 1 is 1.55 bits per heavy atom. The summed E-state index contributed by atoms with van der Waals surface area (Å²) in [4.78, 5) is 13.1. The molecule has 0 amide bonds. The largest absolute Gasteiger partial charge is 0.497 e. The molecule has 0 aromatic heterocycles. The molecule has 1 aromatic rings. The number of benzene rings is 1. The minimum Gasteiger partial charge on any atom is -0.497 e. The van der Waals surface area contributed by atoms with Crippen molar-refractivity contribution in [2.45, 2.75) is 28.6 Å². The van der Waals surface area contributed by atoms with Crippen LogP contribution in [-0.4, -0.2) is 48.6 Å². The molecule has 2 unspecified atom stereocenters. The fourth-order valence-electron chi connectivity index (χ4n) is 2.38. The molecule has 0 saturated heterocycles. The van der Waals surface area contributed by atoms with E-state index in [1.807, 2.05) is 0 Å². The van der Waals surface area contributed by atoms with Crippen LogP contribution in [0.2, 0.25) is 0 Å². The number of aliphatic hydroxyl groups excluding tert-OH is 1. The van der Waals surface area contributed by atoms with Crippen LogP contribution >= 0.6 is 23.4 Å². The summed E-state index contributed by atoms with van der Waals surface area (Å²) >= 11 is 7.02. The highest BCUT2D eigenvalue weighted by molar-refractivity contribution is 8.01. The van der Waals surface area contributed by atoms with E-state index in [1.165, 1.54) is 18.9 Å². The van der Waals surface area contributed by atoms with E-state index in [0.29, 0.717) is 30.2 Å². The van der Waals surface area contributed by atoms with E-state index in [9.17, 15) is 9.90 Å². The van der Waals surface area contributed by atoms with Crippen molar-refractivity contribution in [1.82, 2.24) is 0 Å². The van der Waals surface area contributed by atoms with Gasteiger partial charge in [-0.15, -0.1) is 23.4 Å². The number of ether oxygens (including phenoxy) is 3. The van der Waals surface area contributed by atoms with Crippen LogP contribution in [0.15, 0.2) is 23.1 Å². The van der Waals surface area contributed by atoms with E-state index in [-0.39, 0.29) is 6.61 Å². The van der Waals surface area contributed by atoms with Gasteiger partial charge in [0.25, 0.3) is 0 Å². The Morgan fingerprint density at radius 2 is 2.32 bits per heavy atom. The van der Waals surface area contributed by atoms with Gasteiger partial charge in [0.05, 0.1) is 19.1 Å². The second-order valence-electron chi connectivity index (χ2n) is 4.92. The Hall–Kier alpha value is -1.11. The highest BCUT2D eigenvalue weighted by atomic mass is 35.5. The first-order valence-electron chi connectivity index (χ1n) is 6.89. The van der Waals surface area contributed by atoms with Gasteiger partial charge in [0.15, 0.2) is 0 Å². The van der Waals surface area contributed by atoms with Crippen molar-refractivity contribution in [2.24, 2.45) is 0 Å². The third-order valence-corrected chi connectivity index (χ3v) is 5.40. The molecular weight excluding hydrogens is 328 g/mol. The second-order valence-corrected chi connectivity index (χ2v) is 6.67. The van der Waals surface area contributed by atoms with Gasteiger partial charge in [-0.25, -0.2) is 0 Å². The highest BCUT2D eigenvalue weighted by Gasteiger charge is 2.49. The van der Waals surface area contributed by atoms with Gasteiger partial charge in [-0.05, 0) is 31.0 Å². The van der Waals surface area contributed by atoms with Crippen molar-refractivity contribution >= 4 is 29.3 Å². The monoisotopic (exact) mass is 346 g/mol. The highest BCUT2D eigenvalue weighted by Crippen LogP contribution is 2.47. The molecule has 0 spiro atoms. The molecule has 0 radical (unpaired) electrons. The first kappa shape index (κ1) is 17.2. The Bertz CT molecular complexity index is 539. The van der Waals surface area contributed by atoms with Crippen molar-refractivity contribution in [1.29, 1.82) is 0 Å². The molecule has 22 heavy (non-hydrogen) atoms. The van der Waals surface area contributed by atoms with Crippen LogP contribution in [0, 0.1) is 0 Å². The maximum Gasteiger partial charge on any atom is 0.325 e. The standard InChI is InChI=1S/C15H19ClO5S/c1-19-10-4-5-11-12(8-10)22-15(6-3-7-16,14(18)20-2)13(17)9-21-11/h4-5,8,13,17H,3,6-7,9H2,1-2H3. The number of hydrogen-bond donors (Lipinski definition) is 1. The van der Waals surface area contributed by atoms with Crippen LogP contribution in [0.1, 0.15) is 12.8 Å². The average molecular weight is 347 g/mol. The average Bonchev–Trinajstić information content (AvgIpc) is 2.69. The number of thioether (sulfide) groups is 1. The van der Waals surface area contributed by atoms with Gasteiger partial charge in [-0.2, -0.15) is 0 Å². The molecule has 2 rings (SSSR count). The molecule has 0 saturated carbocycles. The molecular formula is C15H19ClO5S. The van der Waals surface area contributed by atoms with E-state index in [0.717, 1.165) is 4.90 Å². The molecule has 0 bridgehead atoms. The van der Waals surface area contributed by atoms with Crippen LogP contribution in [0.5, 0.6) is 11.5 Å². The molecule has 5 nitrogen and oxygen atoms in total. The van der Waals surface area contributed by atoms with Gasteiger partial charge in [-0.3, -0.25) is 4.79 Å². The number of rotatable bonds is 5. The molecule has 7 heteroatoms. The molecule has 1 aliphatic rings. The number of alkyl halides is 1. The minimum atomic E-state index is -1.14. The fourth-order valence-corrected chi connectivity index (χ4v) is 3.93. The molecule has 1 N–H and O–H groups in total. The summed E-state index contributed by atoms with van der Waals surface area (Å²) in [6.07, 6.45) is -0.0127. The van der Waals surface area contributed by atoms with Gasteiger partial charge >= 0.3 is 5.97 Å². The summed E-state index contributed by atoms with van der Waals surface area (Å²) in [6.45, 7) is 0.0176. The Labute approximate surface area is 138 Å². The molecule has 1 aromatic carbocycles. The van der Waals surface area contributed by atoms with Crippen molar-refractivity contribution in [3.63, 3.8) is 0 Å². The predicted octanol–water partition coefficient (Wildman–Crippen LogP) is 2.47. The number of hydrogen-bond acceptors (Lipinski definition) is 6. The summed E-state index contributed by atoms with van der Waals surface area (Å²) in [6, 6.07) is 5.33. The van der Waals surface area contributed by atoms with Crippen LogP contribution in [0.4, 0.5) is 0 Å². The molecule has 0 aliphatic carbocycles. The molecule has 2 atom stereocenters. The summed E-state index contributed by atoms with van der Waals surface area (Å²) in [5, 5.41) is 10.5. The van der Waals surface area contributed by atoms with E-state index in [1.54, 1.807) is 25.3 Å². The van der Waals surface area contributed by atoms with Gasteiger partial charge in [0.2, 0.25) is 0 Å². The third kappa shape index (κ3) is 3.29. The quantitative estimate of drug-likeness (QED) is 0.652. The number of aliphatic hydroxyl groups is 1. The number of methoxy groups -OCH3 is 2. The van der Waals surface area contributed by atoms with Gasteiger partial charge in [0.1, 0.15) is 29.0 Å². The van der Waals surface area contributed by atoms with Crippen LogP contribution in [-0.2, 0) is 9.53 Å². The molecule has 1 aliphatic heterocycles. The first-order valence-corrected chi connectivity index (χ1v) is 8.24. The van der Waals surface area contributed by atoms with E-state index in [2.05, 4.69) is 0 Å². The summed E-state index contributed by atoms with van der Waals surface area (Å²) in [5.41, 5.74) is 0. The van der Waals surface area contributed by atoms with Crippen molar-refractivity contribution in [2.75, 3.05) is 26.7 Å². The number of carbonyl (C=O) groups is 1. The molecule has 122 valence electrons. The van der Waals surface area contributed by atoms with Gasteiger partial charge in [0, 0.05) is 5.88 Å². The Kier molecular flexibility index (Phi) is 5.83. The zero-order chi connectivity index (χ0) is 16.2. The third-order valence-electron chi connectivity index (χ3n) is 3.59. The summed E-state index contributed by atoms with van der Waals surface area (Å²) < 4.78 is 14.6. The van der Waals surface area contributed by atoms with Crippen molar-refractivity contribution in [3.8, 4) is 11.5 Å². The van der Waals surface area contributed by atoms with Gasteiger partial charge < -0.3 is 19.3 Å². The Balaban J connectivity index is 2.44. The summed E-state index contributed by atoms with van der Waals surface area (Å²) in [5.74, 6) is 1.19. The lowest BCUT2D eigenvalue weighted by Crippen LogP contribution is -2.49. The first-order chi connectivity index (χ1) is 10.6. The normalized spacial score (nSPS) is 23.9. The maximum absolute atomic E-state index is 12.4. The summed E-state index contributed by atoms with van der Waals surface area (Å²) in [7, 11) is 2.89. The van der Waals surface area contributed by atoms with Crippen molar-refractivity contribution < 1.29 is 24.1 Å². The topological polar surface area (TPSA) is 65.0 Å². The zero-order valence-corrected chi connectivity index (χ0v) is 14.1. The lowest BCUT2D eigenvalue weighted by Gasteiger charge is -2.32. The van der Waals surface area contributed by atoms with E-state index in [4.69, 9.17) is 25.8 Å². The maximum atomic E-state index is 12.4. The zero-order valence-electron chi connectivity index (χ0n) is 12.5. The smallest absolute Gasteiger partial charge is 0.325 e. The fraction of sp³-hybridized carbons (Fsp3) is 0.533. The second kappa shape index (κ2) is 7.44. The SMILES string of the molecule is COC(=O)C1(CCCCl)Sc2cc(OC)ccc2OCC1O. The Morgan fingerprint density at radius 3 is 2.95 bits per heavy atom.